The quantitative estimate of drug-likeness (QED) is 0.253. The lowest BCUT2D eigenvalue weighted by Gasteiger charge is -2.39. The molecule has 0 aliphatic carbocycles. The van der Waals surface area contributed by atoms with Crippen LogP contribution in [0.15, 0.2) is 65.8 Å². The van der Waals surface area contributed by atoms with Gasteiger partial charge in [-0.05, 0) is 63.1 Å². The van der Waals surface area contributed by atoms with E-state index in [-0.39, 0.29) is 36.1 Å². The first-order chi connectivity index (χ1) is 22.0. The molecule has 0 saturated carbocycles. The minimum absolute atomic E-state index is 0.00130. The summed E-state index contributed by atoms with van der Waals surface area (Å²) in [5.41, 5.74) is 2.21. The number of ether oxygens (including phenoxy) is 2. The predicted octanol–water partition coefficient (Wildman–Crippen LogP) is 4.35. The number of imidazole rings is 1. The zero-order chi connectivity index (χ0) is 33.3. The van der Waals surface area contributed by atoms with Gasteiger partial charge in [0.25, 0.3) is 10.0 Å². The van der Waals surface area contributed by atoms with Gasteiger partial charge < -0.3 is 19.7 Å². The van der Waals surface area contributed by atoms with Gasteiger partial charge in [0.05, 0.1) is 17.2 Å². The summed E-state index contributed by atoms with van der Waals surface area (Å²) in [6.07, 6.45) is 2.27. The van der Waals surface area contributed by atoms with Crippen molar-refractivity contribution in [1.29, 1.82) is 0 Å². The molecule has 0 bridgehead atoms. The zero-order valence-electron chi connectivity index (χ0n) is 26.6. The Bertz CT molecular complexity index is 1690. The number of piperidine rings is 1. The third kappa shape index (κ3) is 8.34. The second-order valence-corrected chi connectivity index (χ2v) is 13.0. The Hall–Kier alpha value is -4.63. The maximum atomic E-state index is 13.9. The topological polar surface area (TPSA) is 137 Å². The van der Waals surface area contributed by atoms with Crippen molar-refractivity contribution in [3.05, 3.63) is 83.4 Å². The summed E-state index contributed by atoms with van der Waals surface area (Å²) in [5.74, 6) is 5.03. The number of nitrogens with one attached hydrogen (secondary N) is 1. The van der Waals surface area contributed by atoms with Crippen LogP contribution >= 0.6 is 0 Å². The van der Waals surface area contributed by atoms with Crippen LogP contribution in [0, 0.1) is 31.6 Å². The maximum absolute atomic E-state index is 13.9. The molecule has 12 heteroatoms. The minimum Gasteiger partial charge on any atom is -0.464 e. The normalized spacial score (nSPS) is 16.9. The lowest BCUT2D eigenvalue weighted by atomic mass is 9.88. The molecule has 1 N–H and O–H groups in total. The van der Waals surface area contributed by atoms with Gasteiger partial charge in [0.1, 0.15) is 30.7 Å². The Kier molecular flexibility index (Phi) is 11.6. The first-order valence-electron chi connectivity index (χ1n) is 15.3. The molecular weight excluding hydrogens is 608 g/mol. The lowest BCUT2D eigenvalue weighted by Crippen LogP contribution is -2.56. The summed E-state index contributed by atoms with van der Waals surface area (Å²) in [6.45, 7) is 7.72. The van der Waals surface area contributed by atoms with E-state index in [1.807, 2.05) is 44.2 Å². The fourth-order valence-corrected chi connectivity index (χ4v) is 6.59. The van der Waals surface area contributed by atoms with Crippen LogP contribution in [0.25, 0.3) is 0 Å². The molecule has 1 saturated heterocycles. The van der Waals surface area contributed by atoms with E-state index >= 15 is 0 Å². The summed E-state index contributed by atoms with van der Waals surface area (Å²) in [4.78, 5) is 45.5. The van der Waals surface area contributed by atoms with Crippen LogP contribution in [0.5, 0.6) is 0 Å². The lowest BCUT2D eigenvalue weighted by molar-refractivity contribution is -0.158. The zero-order valence-corrected chi connectivity index (χ0v) is 27.4. The highest BCUT2D eigenvalue weighted by Crippen LogP contribution is 2.27. The van der Waals surface area contributed by atoms with Crippen LogP contribution in [-0.4, -0.2) is 65.5 Å². The third-order valence-corrected chi connectivity index (χ3v) is 9.74. The second kappa shape index (κ2) is 15.6. The van der Waals surface area contributed by atoms with Crippen molar-refractivity contribution in [3.8, 4) is 11.8 Å². The Balaban J connectivity index is 1.56. The van der Waals surface area contributed by atoms with Crippen LogP contribution in [0.2, 0.25) is 0 Å². The summed E-state index contributed by atoms with van der Waals surface area (Å²) in [7, 11) is -3.90. The Morgan fingerprint density at radius 1 is 1.04 bits per heavy atom. The van der Waals surface area contributed by atoms with Crippen molar-refractivity contribution in [1.82, 2.24) is 19.2 Å². The molecule has 1 aliphatic rings. The van der Waals surface area contributed by atoms with E-state index < -0.39 is 40.1 Å². The largest absolute Gasteiger partial charge is 0.464 e. The molecule has 1 fully saturated rings. The molecule has 1 aliphatic heterocycles. The molecule has 244 valence electrons. The van der Waals surface area contributed by atoms with Gasteiger partial charge in [0.15, 0.2) is 0 Å². The fraction of sp³-hybridized carbons (Fsp3) is 0.412. The van der Waals surface area contributed by atoms with Gasteiger partial charge in [-0.15, -0.1) is 0 Å². The number of hydrogen-bond acceptors (Lipinski definition) is 8. The van der Waals surface area contributed by atoms with Crippen LogP contribution in [0.1, 0.15) is 62.0 Å². The average molecular weight is 649 g/mol. The van der Waals surface area contributed by atoms with E-state index in [0.717, 1.165) is 21.5 Å². The van der Waals surface area contributed by atoms with E-state index in [1.54, 1.807) is 26.0 Å². The van der Waals surface area contributed by atoms with Gasteiger partial charge in [-0.3, -0.25) is 4.79 Å². The monoisotopic (exact) mass is 648 g/mol. The third-order valence-electron chi connectivity index (χ3n) is 7.99. The highest BCUT2D eigenvalue weighted by atomic mass is 32.2. The van der Waals surface area contributed by atoms with Crippen molar-refractivity contribution in [2.75, 3.05) is 13.2 Å². The van der Waals surface area contributed by atoms with Crippen LogP contribution in [-0.2, 0) is 35.7 Å². The maximum Gasteiger partial charge on any atom is 0.408 e. The Labute approximate surface area is 270 Å². The number of alkyl carbamates (subject to hydrolysis) is 1. The van der Waals surface area contributed by atoms with Crippen molar-refractivity contribution in [2.45, 2.75) is 77.0 Å². The van der Waals surface area contributed by atoms with Crippen molar-refractivity contribution in [2.24, 2.45) is 5.92 Å². The Morgan fingerprint density at radius 2 is 1.76 bits per heavy atom. The summed E-state index contributed by atoms with van der Waals surface area (Å²) in [6, 6.07) is 13.7. The smallest absolute Gasteiger partial charge is 0.408 e. The van der Waals surface area contributed by atoms with E-state index in [2.05, 4.69) is 22.1 Å². The highest BCUT2D eigenvalue weighted by molar-refractivity contribution is 7.90. The molecule has 3 atom stereocenters. The molecular formula is C34H40N4O7S. The minimum atomic E-state index is -3.90. The molecule has 3 unspecified atom stereocenters. The van der Waals surface area contributed by atoms with E-state index in [9.17, 15) is 22.8 Å². The number of likely N-dealkylation sites (tertiary alicyclic amines) is 1. The molecule has 4 rings (SSSR count). The van der Waals surface area contributed by atoms with Crippen molar-refractivity contribution in [3.63, 3.8) is 0 Å². The molecule has 0 radical (unpaired) electrons. The predicted molar refractivity (Wildman–Crippen MR) is 171 cm³/mol. The number of rotatable bonds is 10. The van der Waals surface area contributed by atoms with E-state index in [1.165, 1.54) is 23.4 Å². The molecule has 2 aromatic carbocycles. The van der Waals surface area contributed by atoms with E-state index in [4.69, 9.17) is 9.47 Å². The van der Waals surface area contributed by atoms with Crippen molar-refractivity contribution >= 4 is 28.0 Å². The molecule has 3 aromatic rings. The van der Waals surface area contributed by atoms with Gasteiger partial charge in [-0.25, -0.2) is 27.0 Å². The number of benzene rings is 2. The molecule has 2 heterocycles. The summed E-state index contributed by atoms with van der Waals surface area (Å²) < 4.78 is 38.2. The first-order valence-corrected chi connectivity index (χ1v) is 16.8. The number of esters is 1. The number of aromatic nitrogens is 2. The standard InChI is InChI=1S/C34H40N4O7S/c1-5-26-19-20-37(31(21-26)33(40)44-6-2)32(39)30(36-34(41)45-22-27-11-8-7-9-12-27)14-10-13-29-25(4)38(23-35-29)46(42,43)28-17-15-24(3)16-18-28/h7-9,11-12,15-18,23,26,30-31H,5-6,14,19-22H2,1-4H3,(H,36,41). The average Bonchev–Trinajstić information content (AvgIpc) is 3.44. The second-order valence-electron chi connectivity index (χ2n) is 11.2. The number of nitrogens with zero attached hydrogens (tertiary/aromatic N) is 3. The molecule has 11 nitrogen and oxygen atoms in total. The fourth-order valence-electron chi connectivity index (χ4n) is 5.26. The molecule has 1 aromatic heterocycles. The number of carbonyl (C=O) groups is 3. The number of hydrogen-bond donors (Lipinski definition) is 1. The van der Waals surface area contributed by atoms with Crippen molar-refractivity contribution < 1.29 is 32.3 Å². The Morgan fingerprint density at radius 3 is 2.43 bits per heavy atom. The van der Waals surface area contributed by atoms with E-state index in [0.29, 0.717) is 25.1 Å². The first kappa shape index (κ1) is 34.2. The van der Waals surface area contributed by atoms with Gasteiger partial charge in [0.2, 0.25) is 5.91 Å². The van der Waals surface area contributed by atoms with Gasteiger partial charge in [-0.2, -0.15) is 0 Å². The van der Waals surface area contributed by atoms with Gasteiger partial charge >= 0.3 is 12.1 Å². The van der Waals surface area contributed by atoms with Gasteiger partial charge in [0, 0.05) is 13.0 Å². The number of aryl methyl sites for hydroxylation is 1. The summed E-state index contributed by atoms with van der Waals surface area (Å²) in [5, 5.41) is 2.63. The van der Waals surface area contributed by atoms with Crippen LogP contribution < -0.4 is 5.32 Å². The van der Waals surface area contributed by atoms with Gasteiger partial charge in [-0.1, -0.05) is 67.3 Å². The number of amides is 2. The van der Waals surface area contributed by atoms with Crippen LogP contribution in [0.3, 0.4) is 0 Å². The van der Waals surface area contributed by atoms with Crippen LogP contribution in [0.4, 0.5) is 4.79 Å². The highest BCUT2D eigenvalue weighted by Gasteiger charge is 2.39. The number of carbonyl (C=O) groups excluding carboxylic acids is 3. The molecule has 46 heavy (non-hydrogen) atoms. The SMILES string of the molecule is CCOC(=O)C1CC(CC)CCN1C(=O)C(CC#Cc1ncn(S(=O)(=O)c2ccc(C)cc2)c1C)NC(=O)OCc1ccccc1. The summed E-state index contributed by atoms with van der Waals surface area (Å²) >= 11 is 0. The molecule has 2 amide bonds. The molecule has 0 spiro atoms.